The van der Waals surface area contributed by atoms with E-state index < -0.39 is 16.1 Å². The van der Waals surface area contributed by atoms with Gasteiger partial charge in [0.15, 0.2) is 0 Å². The van der Waals surface area contributed by atoms with E-state index in [1.807, 2.05) is 18.2 Å². The van der Waals surface area contributed by atoms with Gasteiger partial charge >= 0.3 is 6.09 Å². The van der Waals surface area contributed by atoms with Gasteiger partial charge in [-0.05, 0) is 49.2 Å². The summed E-state index contributed by atoms with van der Waals surface area (Å²) < 4.78 is 33.3. The molecule has 0 unspecified atom stereocenters. The second-order valence-electron chi connectivity index (χ2n) is 7.96. The van der Waals surface area contributed by atoms with Crippen LogP contribution in [-0.2, 0) is 14.8 Å². The van der Waals surface area contributed by atoms with Crippen molar-refractivity contribution in [2.45, 2.75) is 30.2 Å². The van der Waals surface area contributed by atoms with Crippen LogP contribution in [0.15, 0.2) is 53.6 Å². The van der Waals surface area contributed by atoms with Crippen LogP contribution in [0.25, 0.3) is 0 Å². The molecule has 32 heavy (non-hydrogen) atoms. The summed E-state index contributed by atoms with van der Waals surface area (Å²) in [5.74, 6) is 0.894. The Bertz CT molecular complexity index is 1010. The minimum Gasteiger partial charge on any atom is -0.448 e. The highest BCUT2D eigenvalue weighted by Crippen LogP contribution is 2.26. The predicted molar refractivity (Wildman–Crippen MR) is 122 cm³/mol. The van der Waals surface area contributed by atoms with E-state index in [4.69, 9.17) is 16.3 Å². The Morgan fingerprint density at radius 3 is 2.47 bits per heavy atom. The van der Waals surface area contributed by atoms with E-state index in [0.717, 1.165) is 18.7 Å². The van der Waals surface area contributed by atoms with E-state index >= 15 is 0 Å². The zero-order chi connectivity index (χ0) is 22.6. The molecule has 0 aliphatic carbocycles. The molecule has 1 aromatic heterocycles. The SMILES string of the molecule is O=C(OC[C@@H]1CCCCN1S(=O)(=O)c1ccc(Cl)cc1)N1CCN(c2ccccn2)CC1. The molecule has 1 atom stereocenters. The molecule has 0 spiro atoms. The number of carbonyl (C=O) groups excluding carboxylic acids is 1. The lowest BCUT2D eigenvalue weighted by molar-refractivity contribution is 0.0728. The van der Waals surface area contributed by atoms with Crippen molar-refractivity contribution < 1.29 is 17.9 Å². The number of piperidine rings is 1. The maximum absolute atomic E-state index is 13.1. The van der Waals surface area contributed by atoms with Crippen molar-refractivity contribution in [3.63, 3.8) is 0 Å². The first-order valence-corrected chi connectivity index (χ1v) is 12.6. The lowest BCUT2D eigenvalue weighted by atomic mass is 10.1. The van der Waals surface area contributed by atoms with E-state index in [1.54, 1.807) is 23.2 Å². The molecule has 172 valence electrons. The van der Waals surface area contributed by atoms with Crippen LogP contribution in [-0.4, -0.2) is 74.1 Å². The lowest BCUT2D eigenvalue weighted by Crippen LogP contribution is -2.50. The Morgan fingerprint density at radius 1 is 1.03 bits per heavy atom. The van der Waals surface area contributed by atoms with Crippen LogP contribution in [0.2, 0.25) is 5.02 Å². The molecular weight excluding hydrogens is 452 g/mol. The van der Waals surface area contributed by atoms with Gasteiger partial charge in [-0.1, -0.05) is 24.1 Å². The molecule has 10 heteroatoms. The molecule has 2 aromatic rings. The number of rotatable bonds is 5. The van der Waals surface area contributed by atoms with Gasteiger partial charge in [0, 0.05) is 43.9 Å². The number of sulfonamides is 1. The summed E-state index contributed by atoms with van der Waals surface area (Å²) in [4.78, 5) is 21.0. The van der Waals surface area contributed by atoms with Gasteiger partial charge in [0.1, 0.15) is 12.4 Å². The van der Waals surface area contributed by atoms with Gasteiger partial charge in [-0.25, -0.2) is 18.2 Å². The van der Waals surface area contributed by atoms with Gasteiger partial charge in [-0.3, -0.25) is 0 Å². The first kappa shape index (κ1) is 22.8. The van der Waals surface area contributed by atoms with E-state index in [9.17, 15) is 13.2 Å². The normalized spacial score (nSPS) is 20.2. The number of hydrogen-bond acceptors (Lipinski definition) is 6. The zero-order valence-corrected chi connectivity index (χ0v) is 19.3. The van der Waals surface area contributed by atoms with Crippen LogP contribution in [0.5, 0.6) is 0 Å². The Balaban J connectivity index is 1.34. The highest BCUT2D eigenvalue weighted by Gasteiger charge is 2.35. The van der Waals surface area contributed by atoms with Crippen LogP contribution < -0.4 is 4.90 Å². The first-order valence-electron chi connectivity index (χ1n) is 10.8. The number of piperazine rings is 1. The number of aromatic nitrogens is 1. The average molecular weight is 479 g/mol. The van der Waals surface area contributed by atoms with Crippen LogP contribution in [0.1, 0.15) is 19.3 Å². The van der Waals surface area contributed by atoms with Gasteiger partial charge in [-0.15, -0.1) is 0 Å². The maximum atomic E-state index is 13.1. The largest absolute Gasteiger partial charge is 0.448 e. The molecule has 0 radical (unpaired) electrons. The summed E-state index contributed by atoms with van der Waals surface area (Å²) in [6.07, 6.45) is 3.70. The van der Waals surface area contributed by atoms with Gasteiger partial charge in [0.05, 0.1) is 10.9 Å². The third kappa shape index (κ3) is 5.16. The molecule has 1 amide bonds. The second-order valence-corrected chi connectivity index (χ2v) is 10.3. The number of nitrogens with zero attached hydrogens (tertiary/aromatic N) is 4. The molecule has 2 aliphatic rings. The number of hydrogen-bond donors (Lipinski definition) is 0. The van der Waals surface area contributed by atoms with Crippen LogP contribution in [0.3, 0.4) is 0 Å². The topological polar surface area (TPSA) is 83.0 Å². The van der Waals surface area contributed by atoms with Crippen molar-refractivity contribution in [2.75, 3.05) is 44.2 Å². The van der Waals surface area contributed by atoms with Gasteiger partial charge in [0.25, 0.3) is 0 Å². The predicted octanol–water partition coefficient (Wildman–Crippen LogP) is 3.24. The summed E-state index contributed by atoms with van der Waals surface area (Å²) in [5.41, 5.74) is 0. The van der Waals surface area contributed by atoms with Crippen molar-refractivity contribution in [1.29, 1.82) is 0 Å². The van der Waals surface area contributed by atoms with Crippen LogP contribution in [0.4, 0.5) is 10.6 Å². The second kappa shape index (κ2) is 10.1. The van der Waals surface area contributed by atoms with Crippen molar-refractivity contribution in [3.05, 3.63) is 53.7 Å². The summed E-state index contributed by atoms with van der Waals surface area (Å²) in [7, 11) is -3.68. The fourth-order valence-corrected chi connectivity index (χ4v) is 5.92. The molecule has 3 heterocycles. The molecular formula is C22H27ClN4O4S. The van der Waals surface area contributed by atoms with E-state index in [0.29, 0.717) is 44.2 Å². The van der Waals surface area contributed by atoms with Crippen molar-refractivity contribution >= 4 is 33.5 Å². The molecule has 1 aromatic carbocycles. The summed E-state index contributed by atoms with van der Waals surface area (Å²) in [5, 5.41) is 0.483. The molecule has 0 N–H and O–H groups in total. The summed E-state index contributed by atoms with van der Waals surface area (Å²) in [6, 6.07) is 11.6. The molecule has 2 aliphatic heterocycles. The molecule has 2 saturated heterocycles. The smallest absolute Gasteiger partial charge is 0.409 e. The maximum Gasteiger partial charge on any atom is 0.409 e. The Morgan fingerprint density at radius 2 is 1.78 bits per heavy atom. The molecule has 8 nitrogen and oxygen atoms in total. The van der Waals surface area contributed by atoms with E-state index in [2.05, 4.69) is 9.88 Å². The van der Waals surface area contributed by atoms with Crippen molar-refractivity contribution in [2.24, 2.45) is 0 Å². The third-order valence-electron chi connectivity index (χ3n) is 5.90. The fraction of sp³-hybridized carbons (Fsp3) is 0.455. The van der Waals surface area contributed by atoms with Gasteiger partial charge in [-0.2, -0.15) is 4.31 Å². The number of carbonyl (C=O) groups is 1. The number of benzene rings is 1. The minimum absolute atomic E-state index is 0.0477. The standard InChI is InChI=1S/C22H27ClN4O4S/c23-18-7-9-20(10-8-18)32(29,30)27-12-4-2-5-19(27)17-31-22(28)26-15-13-25(14-16-26)21-6-1-3-11-24-21/h1,3,6-11,19H,2,4-5,12-17H2/t19-/m0/s1. The van der Waals surface area contributed by atoms with Gasteiger partial charge < -0.3 is 14.5 Å². The van der Waals surface area contributed by atoms with Crippen LogP contribution in [0, 0.1) is 0 Å². The minimum atomic E-state index is -3.68. The molecule has 0 bridgehead atoms. The Hall–Kier alpha value is -2.36. The highest BCUT2D eigenvalue weighted by atomic mass is 35.5. The summed E-state index contributed by atoms with van der Waals surface area (Å²) in [6.45, 7) is 2.88. The molecule has 2 fully saturated rings. The average Bonchev–Trinajstić information content (AvgIpc) is 2.83. The van der Waals surface area contributed by atoms with Crippen molar-refractivity contribution in [1.82, 2.24) is 14.2 Å². The number of ether oxygens (including phenoxy) is 1. The van der Waals surface area contributed by atoms with E-state index in [-0.39, 0.29) is 17.5 Å². The number of halogens is 1. The zero-order valence-electron chi connectivity index (χ0n) is 17.8. The number of pyridine rings is 1. The van der Waals surface area contributed by atoms with Crippen molar-refractivity contribution in [3.8, 4) is 0 Å². The number of anilines is 1. The Labute approximate surface area is 193 Å². The third-order valence-corrected chi connectivity index (χ3v) is 8.12. The lowest BCUT2D eigenvalue weighted by Gasteiger charge is -2.36. The van der Waals surface area contributed by atoms with E-state index in [1.165, 1.54) is 16.4 Å². The van der Waals surface area contributed by atoms with Gasteiger partial charge in [0.2, 0.25) is 10.0 Å². The molecule has 0 saturated carbocycles. The fourth-order valence-electron chi connectivity index (χ4n) is 4.12. The Kier molecular flexibility index (Phi) is 7.17. The summed E-state index contributed by atoms with van der Waals surface area (Å²) >= 11 is 5.90. The highest BCUT2D eigenvalue weighted by molar-refractivity contribution is 7.89. The van der Waals surface area contributed by atoms with Crippen LogP contribution >= 0.6 is 11.6 Å². The first-order chi connectivity index (χ1) is 15.4. The number of amides is 1. The quantitative estimate of drug-likeness (QED) is 0.656. The monoisotopic (exact) mass is 478 g/mol. The molecule has 4 rings (SSSR count).